The first-order valence-corrected chi connectivity index (χ1v) is 6.19. The second kappa shape index (κ2) is 6.47. The molecule has 20 heavy (non-hydrogen) atoms. The normalized spacial score (nSPS) is 9.70. The van der Waals surface area contributed by atoms with Crippen LogP contribution >= 0.6 is 0 Å². The van der Waals surface area contributed by atoms with Crippen LogP contribution in [-0.4, -0.2) is 20.2 Å². The summed E-state index contributed by atoms with van der Waals surface area (Å²) in [5.74, 6) is 0.748. The van der Waals surface area contributed by atoms with Crippen LogP contribution in [-0.2, 0) is 0 Å². The number of methoxy groups -OCH3 is 1. The monoisotopic (exact) mass is 271 g/mol. The molecule has 2 aromatic carbocycles. The summed E-state index contributed by atoms with van der Waals surface area (Å²) in [7, 11) is 3.38. The van der Waals surface area contributed by atoms with E-state index in [0.717, 1.165) is 11.4 Å². The zero-order valence-corrected chi connectivity index (χ0v) is 11.5. The van der Waals surface area contributed by atoms with Gasteiger partial charge >= 0.3 is 6.03 Å². The largest absolute Gasteiger partial charge is 0.497 e. The SMILES string of the molecule is COc1ccc(NC(=O)NN(C)c2ccccc2)cc1. The summed E-state index contributed by atoms with van der Waals surface area (Å²) in [4.78, 5) is 11.9. The lowest BCUT2D eigenvalue weighted by Crippen LogP contribution is -2.41. The van der Waals surface area contributed by atoms with Gasteiger partial charge in [0.1, 0.15) is 5.75 Å². The zero-order valence-electron chi connectivity index (χ0n) is 11.5. The molecular formula is C15H17N3O2. The van der Waals surface area contributed by atoms with Crippen molar-refractivity contribution in [3.8, 4) is 5.75 Å². The number of hydrazine groups is 1. The molecule has 2 amide bonds. The van der Waals surface area contributed by atoms with Crippen molar-refractivity contribution < 1.29 is 9.53 Å². The Hall–Kier alpha value is -2.69. The molecule has 0 saturated heterocycles. The number of hydrogen-bond donors (Lipinski definition) is 2. The molecule has 0 aliphatic rings. The van der Waals surface area contributed by atoms with Gasteiger partial charge in [0.25, 0.3) is 0 Å². The number of anilines is 2. The number of hydrogen-bond acceptors (Lipinski definition) is 3. The molecule has 0 atom stereocenters. The highest BCUT2D eigenvalue weighted by molar-refractivity contribution is 5.90. The van der Waals surface area contributed by atoms with E-state index in [9.17, 15) is 4.79 Å². The summed E-state index contributed by atoms with van der Waals surface area (Å²) in [6, 6.07) is 16.4. The van der Waals surface area contributed by atoms with Gasteiger partial charge in [0, 0.05) is 12.7 Å². The lowest BCUT2D eigenvalue weighted by atomic mass is 10.3. The summed E-state index contributed by atoms with van der Waals surface area (Å²) in [6.45, 7) is 0. The molecule has 0 aromatic heterocycles. The van der Waals surface area contributed by atoms with E-state index in [-0.39, 0.29) is 6.03 Å². The molecular weight excluding hydrogens is 254 g/mol. The molecule has 2 rings (SSSR count). The maximum Gasteiger partial charge on any atom is 0.338 e. The van der Waals surface area contributed by atoms with Crippen molar-refractivity contribution >= 4 is 17.4 Å². The highest BCUT2D eigenvalue weighted by Crippen LogP contribution is 2.15. The molecule has 0 saturated carbocycles. The van der Waals surface area contributed by atoms with Crippen molar-refractivity contribution in [3.63, 3.8) is 0 Å². The number of para-hydroxylation sites is 1. The maximum absolute atomic E-state index is 11.9. The van der Waals surface area contributed by atoms with E-state index in [1.54, 1.807) is 43.4 Å². The van der Waals surface area contributed by atoms with Crippen LogP contribution < -0.4 is 20.5 Å². The van der Waals surface area contributed by atoms with Gasteiger partial charge in [-0.2, -0.15) is 0 Å². The second-order valence-corrected chi connectivity index (χ2v) is 4.19. The predicted molar refractivity (Wildman–Crippen MR) is 80.0 cm³/mol. The standard InChI is InChI=1S/C15H17N3O2/c1-18(13-6-4-3-5-7-13)17-15(19)16-12-8-10-14(20-2)11-9-12/h3-11H,1-2H3,(H2,16,17,19). The number of carbonyl (C=O) groups is 1. The minimum Gasteiger partial charge on any atom is -0.497 e. The molecule has 0 heterocycles. The first-order valence-electron chi connectivity index (χ1n) is 6.19. The molecule has 0 fully saturated rings. The molecule has 0 spiro atoms. The van der Waals surface area contributed by atoms with Crippen molar-refractivity contribution in [2.24, 2.45) is 0 Å². The Morgan fingerprint density at radius 2 is 1.70 bits per heavy atom. The van der Waals surface area contributed by atoms with Crippen LogP contribution in [0.25, 0.3) is 0 Å². The lowest BCUT2D eigenvalue weighted by molar-refractivity contribution is 0.251. The highest BCUT2D eigenvalue weighted by atomic mass is 16.5. The average Bonchev–Trinajstić information content (AvgIpc) is 2.49. The quantitative estimate of drug-likeness (QED) is 0.841. The minimum absolute atomic E-state index is 0.304. The molecule has 0 unspecified atom stereocenters. The van der Waals surface area contributed by atoms with Gasteiger partial charge in [-0.3, -0.25) is 5.01 Å². The van der Waals surface area contributed by atoms with Gasteiger partial charge in [0.05, 0.1) is 12.8 Å². The van der Waals surface area contributed by atoms with Crippen molar-refractivity contribution in [2.75, 3.05) is 24.5 Å². The summed E-state index contributed by atoms with van der Waals surface area (Å²) >= 11 is 0. The Balaban J connectivity index is 1.91. The van der Waals surface area contributed by atoms with E-state index < -0.39 is 0 Å². The third-order valence-corrected chi connectivity index (χ3v) is 2.76. The van der Waals surface area contributed by atoms with Crippen LogP contribution in [0, 0.1) is 0 Å². The van der Waals surface area contributed by atoms with Gasteiger partial charge in [-0.25, -0.2) is 10.2 Å². The number of rotatable bonds is 4. The van der Waals surface area contributed by atoms with Gasteiger partial charge in [-0.1, -0.05) is 18.2 Å². The van der Waals surface area contributed by atoms with Crippen LogP contribution in [0.15, 0.2) is 54.6 Å². The number of benzene rings is 2. The summed E-state index contributed by atoms with van der Waals surface area (Å²) in [6.07, 6.45) is 0. The maximum atomic E-state index is 11.9. The first kappa shape index (κ1) is 13.7. The molecule has 0 aliphatic heterocycles. The van der Waals surface area contributed by atoms with E-state index in [0.29, 0.717) is 5.69 Å². The fourth-order valence-electron chi connectivity index (χ4n) is 1.70. The van der Waals surface area contributed by atoms with Crippen LogP contribution in [0.4, 0.5) is 16.2 Å². The number of ether oxygens (including phenoxy) is 1. The summed E-state index contributed by atoms with van der Waals surface area (Å²) in [5.41, 5.74) is 4.32. The zero-order chi connectivity index (χ0) is 14.4. The van der Waals surface area contributed by atoms with E-state index in [2.05, 4.69) is 10.7 Å². The number of carbonyl (C=O) groups excluding carboxylic acids is 1. The number of urea groups is 1. The first-order chi connectivity index (χ1) is 9.69. The smallest absolute Gasteiger partial charge is 0.338 e. The van der Waals surface area contributed by atoms with E-state index in [1.807, 2.05) is 30.3 Å². The van der Waals surface area contributed by atoms with E-state index in [1.165, 1.54) is 0 Å². The summed E-state index contributed by atoms with van der Waals surface area (Å²) in [5, 5.41) is 4.40. The Bertz CT molecular complexity index is 555. The van der Waals surface area contributed by atoms with E-state index >= 15 is 0 Å². The van der Waals surface area contributed by atoms with Crippen LogP contribution in [0.3, 0.4) is 0 Å². The van der Waals surface area contributed by atoms with Crippen molar-refractivity contribution in [3.05, 3.63) is 54.6 Å². The third-order valence-electron chi connectivity index (χ3n) is 2.76. The topological polar surface area (TPSA) is 53.6 Å². The number of amides is 2. The third kappa shape index (κ3) is 3.65. The van der Waals surface area contributed by atoms with Gasteiger partial charge in [0.15, 0.2) is 0 Å². The Labute approximate surface area is 118 Å². The van der Waals surface area contributed by atoms with Gasteiger partial charge in [0.2, 0.25) is 0 Å². The summed E-state index contributed by atoms with van der Waals surface area (Å²) < 4.78 is 5.06. The van der Waals surface area contributed by atoms with Gasteiger partial charge in [-0.05, 0) is 36.4 Å². The Morgan fingerprint density at radius 1 is 1.05 bits per heavy atom. The lowest BCUT2D eigenvalue weighted by Gasteiger charge is -2.20. The molecule has 5 nitrogen and oxygen atoms in total. The van der Waals surface area contributed by atoms with Gasteiger partial charge in [-0.15, -0.1) is 0 Å². The minimum atomic E-state index is -0.304. The molecule has 104 valence electrons. The fourth-order valence-corrected chi connectivity index (χ4v) is 1.70. The van der Waals surface area contributed by atoms with Crippen LogP contribution in [0.5, 0.6) is 5.75 Å². The molecule has 2 aromatic rings. The van der Waals surface area contributed by atoms with Crippen LogP contribution in [0.2, 0.25) is 0 Å². The molecule has 2 N–H and O–H groups in total. The molecule has 5 heteroatoms. The Morgan fingerprint density at radius 3 is 2.30 bits per heavy atom. The average molecular weight is 271 g/mol. The number of nitrogens with zero attached hydrogens (tertiary/aromatic N) is 1. The predicted octanol–water partition coefficient (Wildman–Crippen LogP) is 2.87. The second-order valence-electron chi connectivity index (χ2n) is 4.19. The number of nitrogens with one attached hydrogen (secondary N) is 2. The van der Waals surface area contributed by atoms with Crippen molar-refractivity contribution in [1.82, 2.24) is 5.43 Å². The van der Waals surface area contributed by atoms with Crippen molar-refractivity contribution in [2.45, 2.75) is 0 Å². The van der Waals surface area contributed by atoms with Gasteiger partial charge < -0.3 is 10.1 Å². The Kier molecular flexibility index (Phi) is 4.44. The fraction of sp³-hybridized carbons (Fsp3) is 0.133. The van der Waals surface area contributed by atoms with Crippen LogP contribution in [0.1, 0.15) is 0 Å². The van der Waals surface area contributed by atoms with Crippen molar-refractivity contribution in [1.29, 1.82) is 0 Å². The molecule has 0 aliphatic carbocycles. The van der Waals surface area contributed by atoms with E-state index in [4.69, 9.17) is 4.74 Å². The molecule has 0 bridgehead atoms. The highest BCUT2D eigenvalue weighted by Gasteiger charge is 2.05. The molecule has 0 radical (unpaired) electrons.